The van der Waals surface area contributed by atoms with Gasteiger partial charge in [-0.3, -0.25) is 9.59 Å². The lowest BCUT2D eigenvalue weighted by molar-refractivity contribution is 0.101. The van der Waals surface area contributed by atoms with Crippen molar-refractivity contribution in [2.75, 3.05) is 16.9 Å². The summed E-state index contributed by atoms with van der Waals surface area (Å²) in [6, 6.07) is 10.4. The molecule has 138 valence electrons. The number of nitrogens with zero attached hydrogens (tertiary/aromatic N) is 1. The molecule has 0 saturated heterocycles. The average molecular weight is 400 g/mol. The minimum Gasteiger partial charge on any atom is -0.322 e. The number of anilines is 2. The lowest BCUT2D eigenvalue weighted by atomic mass is 10.2. The van der Waals surface area contributed by atoms with Crippen LogP contribution in [0.3, 0.4) is 0 Å². The van der Waals surface area contributed by atoms with E-state index in [0.29, 0.717) is 32.5 Å². The highest BCUT2D eigenvalue weighted by Gasteiger charge is 2.17. The van der Waals surface area contributed by atoms with Crippen LogP contribution in [0.2, 0.25) is 0 Å². The molecule has 0 radical (unpaired) electrons. The van der Waals surface area contributed by atoms with E-state index in [1.54, 1.807) is 49.6 Å². The molecule has 0 spiro atoms. The molecule has 0 aliphatic heterocycles. The van der Waals surface area contributed by atoms with Crippen LogP contribution in [0, 0.1) is 6.92 Å². The maximum Gasteiger partial charge on any atom is 0.346 e. The number of amides is 2. The molecule has 2 aromatic heterocycles. The third kappa shape index (κ3) is 4.44. The van der Waals surface area contributed by atoms with Crippen LogP contribution < -0.4 is 16.3 Å². The first kappa shape index (κ1) is 18.9. The van der Waals surface area contributed by atoms with Crippen molar-refractivity contribution in [2.24, 2.45) is 0 Å². The van der Waals surface area contributed by atoms with Crippen molar-refractivity contribution >= 4 is 46.3 Å². The lowest BCUT2D eigenvalue weighted by Crippen LogP contribution is -2.22. The number of nitrogens with one attached hydrogen (secondary N) is 3. The summed E-state index contributed by atoms with van der Waals surface area (Å²) in [7, 11) is 0. The minimum atomic E-state index is -0.494. The van der Waals surface area contributed by atoms with Crippen LogP contribution in [0.1, 0.15) is 25.7 Å². The molecule has 3 N–H and O–H groups in total. The van der Waals surface area contributed by atoms with E-state index in [1.165, 1.54) is 23.1 Å². The maximum atomic E-state index is 12.7. The van der Waals surface area contributed by atoms with Gasteiger partial charge in [-0.1, -0.05) is 12.1 Å². The van der Waals surface area contributed by atoms with Crippen LogP contribution in [0.4, 0.5) is 11.4 Å². The van der Waals surface area contributed by atoms with Gasteiger partial charge in [-0.15, -0.1) is 23.1 Å². The molecule has 0 aliphatic rings. The van der Waals surface area contributed by atoms with Crippen molar-refractivity contribution in [2.45, 2.75) is 11.9 Å². The van der Waals surface area contributed by atoms with Gasteiger partial charge in [-0.25, -0.2) is 4.79 Å². The van der Waals surface area contributed by atoms with Crippen molar-refractivity contribution in [1.82, 2.24) is 9.97 Å². The van der Waals surface area contributed by atoms with E-state index in [4.69, 9.17) is 0 Å². The number of hydrogen-bond donors (Lipinski definition) is 3. The van der Waals surface area contributed by atoms with Gasteiger partial charge in [-0.2, -0.15) is 4.98 Å². The molecule has 0 saturated carbocycles. The van der Waals surface area contributed by atoms with E-state index in [1.807, 2.05) is 5.38 Å². The van der Waals surface area contributed by atoms with Gasteiger partial charge < -0.3 is 15.6 Å². The normalized spacial score (nSPS) is 10.4. The van der Waals surface area contributed by atoms with Crippen molar-refractivity contribution in [3.63, 3.8) is 0 Å². The van der Waals surface area contributed by atoms with Gasteiger partial charge in [0.15, 0.2) is 0 Å². The summed E-state index contributed by atoms with van der Waals surface area (Å²) in [6.07, 6.45) is 1.75. The van der Waals surface area contributed by atoms with Crippen LogP contribution in [0.5, 0.6) is 0 Å². The van der Waals surface area contributed by atoms with Gasteiger partial charge in [0.25, 0.3) is 11.8 Å². The molecule has 9 heteroatoms. The molecule has 0 aliphatic carbocycles. The van der Waals surface area contributed by atoms with E-state index in [9.17, 15) is 14.4 Å². The number of aromatic amines is 1. The summed E-state index contributed by atoms with van der Waals surface area (Å²) in [5.41, 5.74) is 1.34. The fourth-order valence-electron chi connectivity index (χ4n) is 2.44. The van der Waals surface area contributed by atoms with E-state index >= 15 is 0 Å². The molecule has 7 nitrogen and oxygen atoms in total. The van der Waals surface area contributed by atoms with E-state index < -0.39 is 5.69 Å². The molecule has 0 fully saturated rings. The van der Waals surface area contributed by atoms with Gasteiger partial charge in [0.1, 0.15) is 5.03 Å². The van der Waals surface area contributed by atoms with Crippen LogP contribution in [-0.2, 0) is 0 Å². The molecule has 0 atom stereocenters. The number of hydrogen-bond acceptors (Lipinski definition) is 6. The topological polar surface area (TPSA) is 104 Å². The smallest absolute Gasteiger partial charge is 0.322 e. The summed E-state index contributed by atoms with van der Waals surface area (Å²) in [6.45, 7) is 1.65. The first-order chi connectivity index (χ1) is 13.0. The molecule has 0 bridgehead atoms. The number of carbonyl (C=O) groups excluding carboxylic acids is 2. The molecule has 3 aromatic rings. The number of benzene rings is 1. The second-order valence-electron chi connectivity index (χ2n) is 5.52. The predicted molar refractivity (Wildman–Crippen MR) is 108 cm³/mol. The van der Waals surface area contributed by atoms with Crippen molar-refractivity contribution in [1.29, 1.82) is 0 Å². The largest absolute Gasteiger partial charge is 0.346 e. The Kier molecular flexibility index (Phi) is 5.72. The first-order valence-corrected chi connectivity index (χ1v) is 9.99. The highest BCUT2D eigenvalue weighted by molar-refractivity contribution is 7.98. The highest BCUT2D eigenvalue weighted by Crippen LogP contribution is 2.22. The average Bonchev–Trinajstić information content (AvgIpc) is 3.16. The number of H-pyrrole nitrogens is 1. The molecule has 2 amide bonds. The van der Waals surface area contributed by atoms with Gasteiger partial charge in [-0.05, 0) is 42.8 Å². The molecular weight excluding hydrogens is 384 g/mol. The number of rotatable bonds is 5. The minimum absolute atomic E-state index is 0.209. The summed E-state index contributed by atoms with van der Waals surface area (Å²) in [5, 5.41) is 7.76. The Morgan fingerprint density at radius 2 is 1.81 bits per heavy atom. The van der Waals surface area contributed by atoms with E-state index in [0.717, 1.165) is 0 Å². The third-order valence-corrected chi connectivity index (χ3v) is 5.18. The zero-order chi connectivity index (χ0) is 19.4. The monoisotopic (exact) mass is 400 g/mol. The second kappa shape index (κ2) is 8.19. The first-order valence-electron chi connectivity index (χ1n) is 7.89. The zero-order valence-electron chi connectivity index (χ0n) is 14.5. The standard InChI is InChI=1S/C18H16N4O3S2/c1-10-14(17(26-2)22-18(25)19-10)16(24)21-12-6-3-5-11(9-12)20-15(23)13-7-4-8-27-13/h3-9H,1-2H3,(H,20,23)(H,21,24)(H,19,22,25). The lowest BCUT2D eigenvalue weighted by Gasteiger charge is -2.11. The Morgan fingerprint density at radius 3 is 2.44 bits per heavy atom. The summed E-state index contributed by atoms with van der Waals surface area (Å²) < 4.78 is 0. The Bertz CT molecular complexity index is 1050. The van der Waals surface area contributed by atoms with Crippen molar-refractivity contribution < 1.29 is 9.59 Å². The van der Waals surface area contributed by atoms with Crippen LogP contribution >= 0.6 is 23.1 Å². The fourth-order valence-corrected chi connectivity index (χ4v) is 3.69. The van der Waals surface area contributed by atoms with Crippen molar-refractivity contribution in [3.8, 4) is 0 Å². The van der Waals surface area contributed by atoms with Crippen molar-refractivity contribution in [3.05, 3.63) is 68.4 Å². The van der Waals surface area contributed by atoms with Gasteiger partial charge in [0, 0.05) is 17.1 Å². The molecule has 0 unspecified atom stereocenters. The summed E-state index contributed by atoms with van der Waals surface area (Å²) >= 11 is 2.57. The molecular formula is C18H16N4O3S2. The van der Waals surface area contributed by atoms with Crippen LogP contribution in [0.15, 0.2) is 51.6 Å². The van der Waals surface area contributed by atoms with E-state index in [-0.39, 0.29) is 11.8 Å². The Morgan fingerprint density at radius 1 is 1.11 bits per heavy atom. The number of carbonyl (C=O) groups is 2. The van der Waals surface area contributed by atoms with Gasteiger partial charge in [0.05, 0.1) is 10.4 Å². The maximum absolute atomic E-state index is 12.7. The predicted octanol–water partition coefficient (Wildman–Crippen LogP) is 3.37. The third-order valence-electron chi connectivity index (χ3n) is 3.63. The SMILES string of the molecule is CSc1nc(=O)[nH]c(C)c1C(=O)Nc1cccc(NC(=O)c2cccs2)c1. The summed E-state index contributed by atoms with van der Waals surface area (Å²) in [4.78, 5) is 43.3. The number of aromatic nitrogens is 2. The zero-order valence-corrected chi connectivity index (χ0v) is 16.2. The molecule has 2 heterocycles. The molecule has 1 aromatic carbocycles. The fraction of sp³-hybridized carbons (Fsp3) is 0.111. The highest BCUT2D eigenvalue weighted by atomic mass is 32.2. The van der Waals surface area contributed by atoms with Crippen LogP contribution in [-0.4, -0.2) is 28.0 Å². The van der Waals surface area contributed by atoms with E-state index in [2.05, 4.69) is 20.6 Å². The van der Waals surface area contributed by atoms with Gasteiger partial charge in [0.2, 0.25) is 0 Å². The Balaban J connectivity index is 1.80. The molecule has 3 rings (SSSR count). The number of aryl methyl sites for hydroxylation is 1. The molecule has 27 heavy (non-hydrogen) atoms. The summed E-state index contributed by atoms with van der Waals surface area (Å²) in [5.74, 6) is -0.596. The van der Waals surface area contributed by atoms with Gasteiger partial charge >= 0.3 is 5.69 Å². The van der Waals surface area contributed by atoms with Crippen LogP contribution in [0.25, 0.3) is 0 Å². The number of thiophene rings is 1. The Labute approximate surface area is 163 Å². The quantitative estimate of drug-likeness (QED) is 0.450. The Hall–Kier alpha value is -2.91. The number of thioether (sulfide) groups is 1. The second-order valence-corrected chi connectivity index (χ2v) is 7.26.